The van der Waals surface area contributed by atoms with E-state index in [0.717, 1.165) is 5.56 Å². The summed E-state index contributed by atoms with van der Waals surface area (Å²) in [7, 11) is -2.92. The number of nitriles is 1. The third-order valence-electron chi connectivity index (χ3n) is 4.83. The molecule has 0 radical (unpaired) electrons. The minimum absolute atomic E-state index is 0.00530. The summed E-state index contributed by atoms with van der Waals surface area (Å²) < 4.78 is 41.4. The molecule has 2 aromatic rings. The number of nitrogens with two attached hydrogens (primary N) is 1. The predicted molar refractivity (Wildman–Crippen MR) is 122 cm³/mol. The molecule has 0 aliphatic carbocycles. The summed E-state index contributed by atoms with van der Waals surface area (Å²) >= 11 is 0. The second-order valence-electron chi connectivity index (χ2n) is 7.33. The van der Waals surface area contributed by atoms with E-state index in [1.807, 2.05) is 12.1 Å². The quantitative estimate of drug-likeness (QED) is 0.238. The highest BCUT2D eigenvalue weighted by atomic mass is 31.2. The van der Waals surface area contributed by atoms with E-state index in [2.05, 4.69) is 10.1 Å². The SMILES string of the molecule is COC(=O)[C@H](Cc1ccccc1)NP(=O)(OCCC#N)OCC1OCC(n2ccc(N)nc2=O)O1. The average Bonchev–Trinajstić information content (AvgIpc) is 3.31. The highest BCUT2D eigenvalue weighted by molar-refractivity contribution is 7.51. The van der Waals surface area contributed by atoms with Crippen LogP contribution in [-0.2, 0) is 39.0 Å². The Morgan fingerprint density at radius 1 is 1.37 bits per heavy atom. The number of anilines is 1. The Balaban J connectivity index is 1.67. The normalized spacial score (nSPS) is 20.0. The van der Waals surface area contributed by atoms with Crippen molar-refractivity contribution >= 4 is 19.5 Å². The van der Waals surface area contributed by atoms with E-state index in [9.17, 15) is 14.2 Å². The molecule has 2 heterocycles. The largest absolute Gasteiger partial charge is 0.468 e. The predicted octanol–water partition coefficient (Wildman–Crippen LogP) is 1.13. The average molecular weight is 507 g/mol. The zero-order valence-electron chi connectivity index (χ0n) is 18.9. The number of benzene rings is 1. The molecular weight excluding hydrogens is 481 g/mol. The number of nitrogens with one attached hydrogen (secondary N) is 1. The second-order valence-corrected chi connectivity index (χ2v) is 9.09. The lowest BCUT2D eigenvalue weighted by Crippen LogP contribution is -2.39. The minimum Gasteiger partial charge on any atom is -0.468 e. The fourth-order valence-electron chi connectivity index (χ4n) is 3.17. The van der Waals surface area contributed by atoms with Crippen molar-refractivity contribution in [3.8, 4) is 6.07 Å². The molecule has 1 aliphatic rings. The van der Waals surface area contributed by atoms with Gasteiger partial charge in [-0.1, -0.05) is 30.3 Å². The monoisotopic (exact) mass is 507 g/mol. The fourth-order valence-corrected chi connectivity index (χ4v) is 4.62. The number of nitrogens with zero attached hydrogens (tertiary/aromatic N) is 3. The van der Waals surface area contributed by atoms with Gasteiger partial charge in [0.2, 0.25) is 0 Å². The first kappa shape index (κ1) is 26.5. The minimum atomic E-state index is -4.13. The molecule has 3 unspecified atom stereocenters. The maximum absolute atomic E-state index is 13.4. The molecule has 3 N–H and O–H groups in total. The van der Waals surface area contributed by atoms with Crippen molar-refractivity contribution < 1.29 is 32.6 Å². The standard InChI is InChI=1S/C21H26N5O8P/c1-30-20(27)16(12-15-6-3-2-4-7-15)25-35(29,32-11-5-9-22)33-14-19-31-13-18(34-19)26-10-8-17(23)24-21(26)28/h2-4,6-8,10,16,18-19H,5,11-14H2,1H3,(H,25,29)(H2,23,24,28)/t16-,18?,19?,35?/m0/s1. The molecule has 0 amide bonds. The summed E-state index contributed by atoms with van der Waals surface area (Å²) in [5.74, 6) is -0.604. The van der Waals surface area contributed by atoms with Crippen LogP contribution in [0.3, 0.4) is 0 Å². The van der Waals surface area contributed by atoms with Crippen LogP contribution in [0.4, 0.5) is 5.82 Å². The molecule has 14 heteroatoms. The number of carbonyl (C=O) groups is 1. The Morgan fingerprint density at radius 2 is 2.14 bits per heavy atom. The van der Waals surface area contributed by atoms with E-state index in [1.54, 1.807) is 24.3 Å². The number of nitrogen functional groups attached to an aromatic ring is 1. The summed E-state index contributed by atoms with van der Waals surface area (Å²) in [6.45, 7) is -0.559. The molecule has 1 fully saturated rings. The van der Waals surface area contributed by atoms with Crippen molar-refractivity contribution in [1.82, 2.24) is 14.6 Å². The molecule has 1 saturated heterocycles. The number of carbonyl (C=O) groups excluding carboxylic acids is 1. The molecule has 13 nitrogen and oxygen atoms in total. The molecule has 35 heavy (non-hydrogen) atoms. The van der Waals surface area contributed by atoms with E-state index >= 15 is 0 Å². The Morgan fingerprint density at radius 3 is 2.83 bits per heavy atom. The van der Waals surface area contributed by atoms with Gasteiger partial charge in [0.15, 0.2) is 12.5 Å². The van der Waals surface area contributed by atoms with Gasteiger partial charge in [0.25, 0.3) is 0 Å². The summed E-state index contributed by atoms with van der Waals surface area (Å²) in [6, 6.07) is 11.3. The van der Waals surface area contributed by atoms with Crippen LogP contribution in [0.15, 0.2) is 47.4 Å². The van der Waals surface area contributed by atoms with Crippen molar-refractivity contribution in [2.45, 2.75) is 31.4 Å². The van der Waals surface area contributed by atoms with E-state index in [4.69, 9.17) is 34.3 Å². The number of aromatic nitrogens is 2. The Bertz CT molecular complexity index is 1140. The summed E-state index contributed by atoms with van der Waals surface area (Å²) in [5.41, 5.74) is 5.66. The van der Waals surface area contributed by atoms with Gasteiger partial charge in [0, 0.05) is 6.20 Å². The number of esters is 1. The van der Waals surface area contributed by atoms with Gasteiger partial charge in [0.1, 0.15) is 18.5 Å². The van der Waals surface area contributed by atoms with E-state index in [1.165, 1.54) is 23.9 Å². The number of hydrogen-bond acceptors (Lipinski definition) is 11. The number of rotatable bonds is 12. The number of hydrogen-bond donors (Lipinski definition) is 2. The zero-order chi connectivity index (χ0) is 25.3. The molecule has 0 spiro atoms. The molecule has 1 aromatic heterocycles. The zero-order valence-corrected chi connectivity index (χ0v) is 19.8. The number of ether oxygens (including phenoxy) is 3. The maximum atomic E-state index is 13.4. The molecular formula is C21H26N5O8P. The van der Waals surface area contributed by atoms with Gasteiger partial charge < -0.3 is 19.9 Å². The van der Waals surface area contributed by atoms with Crippen LogP contribution in [0.25, 0.3) is 0 Å². The Hall–Kier alpha value is -3.11. The first-order valence-electron chi connectivity index (χ1n) is 10.6. The lowest BCUT2D eigenvalue weighted by Gasteiger charge is -2.24. The third-order valence-corrected chi connectivity index (χ3v) is 6.47. The second kappa shape index (κ2) is 12.6. The van der Waals surface area contributed by atoms with Crippen molar-refractivity contribution in [2.24, 2.45) is 0 Å². The summed E-state index contributed by atoms with van der Waals surface area (Å²) in [4.78, 5) is 28.0. The van der Waals surface area contributed by atoms with Crippen LogP contribution >= 0.6 is 7.75 Å². The van der Waals surface area contributed by atoms with Crippen LogP contribution in [0, 0.1) is 11.3 Å². The van der Waals surface area contributed by atoms with Gasteiger partial charge in [-0.25, -0.2) is 14.4 Å². The van der Waals surface area contributed by atoms with Crippen molar-refractivity contribution in [3.05, 3.63) is 58.6 Å². The fraction of sp³-hybridized carbons (Fsp3) is 0.429. The summed E-state index contributed by atoms with van der Waals surface area (Å²) in [5, 5.41) is 11.4. The summed E-state index contributed by atoms with van der Waals surface area (Å²) in [6.07, 6.45) is -0.276. The van der Waals surface area contributed by atoms with Crippen LogP contribution in [-0.4, -0.2) is 54.8 Å². The third kappa shape index (κ3) is 7.69. The van der Waals surface area contributed by atoms with E-state index < -0.39 is 38.0 Å². The lowest BCUT2D eigenvalue weighted by atomic mass is 10.1. The molecule has 1 aliphatic heterocycles. The van der Waals surface area contributed by atoms with Gasteiger partial charge in [-0.15, -0.1) is 0 Å². The molecule has 188 valence electrons. The van der Waals surface area contributed by atoms with Crippen LogP contribution < -0.4 is 16.5 Å². The highest BCUT2D eigenvalue weighted by Gasteiger charge is 2.36. The molecule has 3 rings (SSSR count). The first-order valence-corrected chi connectivity index (χ1v) is 12.1. The van der Waals surface area contributed by atoms with Crippen molar-refractivity contribution in [1.29, 1.82) is 5.26 Å². The van der Waals surface area contributed by atoms with Gasteiger partial charge >= 0.3 is 19.4 Å². The van der Waals surface area contributed by atoms with Gasteiger partial charge in [-0.3, -0.25) is 18.4 Å². The molecule has 1 aromatic carbocycles. The molecule has 0 saturated carbocycles. The van der Waals surface area contributed by atoms with Crippen molar-refractivity contribution in [3.63, 3.8) is 0 Å². The van der Waals surface area contributed by atoms with Crippen LogP contribution in [0.2, 0.25) is 0 Å². The van der Waals surface area contributed by atoms with E-state index in [0.29, 0.717) is 0 Å². The maximum Gasteiger partial charge on any atom is 0.406 e. The van der Waals surface area contributed by atoms with Gasteiger partial charge in [-0.2, -0.15) is 10.2 Å². The van der Waals surface area contributed by atoms with Crippen LogP contribution in [0.1, 0.15) is 18.2 Å². The molecule has 4 atom stereocenters. The smallest absolute Gasteiger partial charge is 0.406 e. The molecule has 0 bridgehead atoms. The Kier molecular flexibility index (Phi) is 9.50. The lowest BCUT2D eigenvalue weighted by molar-refractivity contribution is -0.142. The van der Waals surface area contributed by atoms with Crippen molar-refractivity contribution in [2.75, 3.05) is 32.7 Å². The topological polar surface area (TPSA) is 177 Å². The Labute approximate surface area is 201 Å². The van der Waals surface area contributed by atoms with E-state index in [-0.39, 0.29) is 38.5 Å². The van der Waals surface area contributed by atoms with Gasteiger partial charge in [-0.05, 0) is 18.1 Å². The number of methoxy groups -OCH3 is 1. The highest BCUT2D eigenvalue weighted by Crippen LogP contribution is 2.45. The van der Waals surface area contributed by atoms with Crippen LogP contribution in [0.5, 0.6) is 0 Å². The first-order chi connectivity index (χ1) is 16.8. The van der Waals surface area contributed by atoms with Gasteiger partial charge in [0.05, 0.1) is 32.8 Å².